The molecule has 196 valence electrons. The number of piperidine rings is 1. The van der Waals surface area contributed by atoms with E-state index in [1.165, 1.54) is 6.33 Å². The summed E-state index contributed by atoms with van der Waals surface area (Å²) in [4.78, 5) is 25.5. The third kappa shape index (κ3) is 5.52. The zero-order chi connectivity index (χ0) is 26.6. The summed E-state index contributed by atoms with van der Waals surface area (Å²) >= 11 is 0. The highest BCUT2D eigenvalue weighted by Crippen LogP contribution is 2.40. The number of nitrogens with zero attached hydrogens (tertiary/aromatic N) is 4. The van der Waals surface area contributed by atoms with Crippen molar-refractivity contribution in [1.82, 2.24) is 19.8 Å². The van der Waals surface area contributed by atoms with E-state index >= 15 is 0 Å². The lowest BCUT2D eigenvalue weighted by Gasteiger charge is -2.33. The van der Waals surface area contributed by atoms with Crippen molar-refractivity contribution in [2.24, 2.45) is 5.92 Å². The Balaban J connectivity index is 1.31. The van der Waals surface area contributed by atoms with E-state index in [1.54, 1.807) is 6.08 Å². The molecule has 3 aromatic rings. The van der Waals surface area contributed by atoms with E-state index < -0.39 is 0 Å². The van der Waals surface area contributed by atoms with Crippen molar-refractivity contribution in [2.45, 2.75) is 24.9 Å². The number of carbonyl (C=O) groups excluding carboxylic acids is 1. The second kappa shape index (κ2) is 11.0. The Morgan fingerprint density at radius 1 is 1.13 bits per heavy atom. The molecule has 3 atom stereocenters. The number of anilines is 2. The van der Waals surface area contributed by atoms with Crippen LogP contribution in [-0.2, 0) is 4.79 Å². The Morgan fingerprint density at radius 2 is 1.87 bits per heavy atom. The van der Waals surface area contributed by atoms with Crippen LogP contribution in [0.25, 0.3) is 0 Å². The Kier molecular flexibility index (Phi) is 7.37. The predicted molar refractivity (Wildman–Crippen MR) is 149 cm³/mol. The van der Waals surface area contributed by atoms with Crippen molar-refractivity contribution in [3.8, 4) is 11.5 Å². The number of nitrogens with one attached hydrogen (secondary N) is 2. The lowest BCUT2D eigenvalue weighted by molar-refractivity contribution is -0.127. The third-order valence-electron chi connectivity index (χ3n) is 7.07. The molecule has 0 radical (unpaired) electrons. The molecule has 4 N–H and O–H groups in total. The summed E-state index contributed by atoms with van der Waals surface area (Å²) in [7, 11) is 3.95. The van der Waals surface area contributed by atoms with Gasteiger partial charge in [0.15, 0.2) is 0 Å². The highest BCUT2D eigenvalue weighted by molar-refractivity contribution is 6.16. The number of ether oxygens (including phenoxy) is 1. The molecule has 2 aliphatic rings. The number of para-hydroxylation sites is 1. The van der Waals surface area contributed by atoms with Crippen molar-refractivity contribution in [3.05, 3.63) is 84.2 Å². The van der Waals surface area contributed by atoms with Gasteiger partial charge in [0, 0.05) is 30.8 Å². The topological polar surface area (TPSA) is 120 Å². The van der Waals surface area contributed by atoms with Gasteiger partial charge in [0.05, 0.1) is 17.3 Å². The molecule has 0 spiro atoms. The second-order valence-electron chi connectivity index (χ2n) is 10.1. The molecule has 1 aliphatic heterocycles. The molecule has 2 heterocycles. The molecule has 3 unspecified atom stereocenters. The van der Waals surface area contributed by atoms with E-state index in [0.29, 0.717) is 28.6 Å². The smallest absolute Gasteiger partial charge is 0.246 e. The van der Waals surface area contributed by atoms with Crippen molar-refractivity contribution in [1.29, 1.82) is 5.41 Å². The van der Waals surface area contributed by atoms with Gasteiger partial charge in [-0.05, 0) is 69.3 Å². The van der Waals surface area contributed by atoms with Crippen LogP contribution in [0, 0.1) is 11.3 Å². The number of rotatable bonds is 9. The molecule has 1 saturated heterocycles. The first-order chi connectivity index (χ1) is 18.4. The molecule has 2 bridgehead atoms. The van der Waals surface area contributed by atoms with Gasteiger partial charge in [-0.3, -0.25) is 10.2 Å². The highest BCUT2D eigenvalue weighted by Gasteiger charge is 2.46. The first-order valence-electron chi connectivity index (χ1n) is 12.8. The Labute approximate surface area is 222 Å². The van der Waals surface area contributed by atoms with E-state index in [0.717, 1.165) is 31.7 Å². The first-order valence-corrected chi connectivity index (χ1v) is 12.8. The quantitative estimate of drug-likeness (QED) is 0.295. The SMILES string of the molecule is CN(C)C/C=C/C(=O)N1CC2CC(Nc3ncnc(N)c3C(=N)c3ccc(Oc4ccccc4)cc3)C1C2. The zero-order valence-electron chi connectivity index (χ0n) is 21.7. The van der Waals surface area contributed by atoms with Gasteiger partial charge in [-0.2, -0.15) is 0 Å². The van der Waals surface area contributed by atoms with Crippen molar-refractivity contribution in [2.75, 3.05) is 38.2 Å². The van der Waals surface area contributed by atoms with Gasteiger partial charge in [-0.15, -0.1) is 0 Å². The Bertz CT molecular complexity index is 1320. The van der Waals surface area contributed by atoms with Gasteiger partial charge in [0.25, 0.3) is 0 Å². The van der Waals surface area contributed by atoms with E-state index in [4.69, 9.17) is 15.9 Å². The maximum atomic E-state index is 12.9. The normalized spacial score (nSPS) is 20.3. The monoisotopic (exact) mass is 511 g/mol. The zero-order valence-corrected chi connectivity index (χ0v) is 21.7. The van der Waals surface area contributed by atoms with Gasteiger partial charge in [-0.1, -0.05) is 24.3 Å². The molecule has 2 aromatic carbocycles. The molecule has 9 heteroatoms. The minimum atomic E-state index is 0.0300. The van der Waals surface area contributed by atoms with Crippen LogP contribution in [0.15, 0.2) is 73.1 Å². The van der Waals surface area contributed by atoms with E-state index in [-0.39, 0.29) is 29.5 Å². The summed E-state index contributed by atoms with van der Waals surface area (Å²) in [6.07, 6.45) is 6.88. The van der Waals surface area contributed by atoms with Crippen LogP contribution >= 0.6 is 0 Å². The van der Waals surface area contributed by atoms with E-state index in [1.807, 2.05) is 84.6 Å². The second-order valence-corrected chi connectivity index (χ2v) is 10.1. The maximum Gasteiger partial charge on any atom is 0.246 e. The average Bonchev–Trinajstić information content (AvgIpc) is 3.50. The summed E-state index contributed by atoms with van der Waals surface area (Å²) in [5.41, 5.74) is 7.61. The van der Waals surface area contributed by atoms with Crippen LogP contribution in [0.3, 0.4) is 0 Å². The highest BCUT2D eigenvalue weighted by atomic mass is 16.5. The third-order valence-corrected chi connectivity index (χ3v) is 7.07. The van der Waals surface area contributed by atoms with Crippen LogP contribution in [0.2, 0.25) is 0 Å². The van der Waals surface area contributed by atoms with Crippen molar-refractivity contribution in [3.63, 3.8) is 0 Å². The minimum Gasteiger partial charge on any atom is -0.457 e. The van der Waals surface area contributed by atoms with Crippen molar-refractivity contribution < 1.29 is 9.53 Å². The number of hydrogen-bond acceptors (Lipinski definition) is 8. The van der Waals surface area contributed by atoms with Gasteiger partial charge in [0.2, 0.25) is 5.91 Å². The molecule has 1 aliphatic carbocycles. The summed E-state index contributed by atoms with van der Waals surface area (Å²) < 4.78 is 5.88. The molecule has 1 aromatic heterocycles. The van der Waals surface area contributed by atoms with E-state index in [2.05, 4.69) is 15.3 Å². The number of benzene rings is 2. The van der Waals surface area contributed by atoms with Crippen molar-refractivity contribution >= 4 is 23.3 Å². The predicted octanol–water partition coefficient (Wildman–Crippen LogP) is 3.79. The maximum absolute atomic E-state index is 12.9. The van der Waals surface area contributed by atoms with Crippen LogP contribution < -0.4 is 15.8 Å². The number of hydrogen-bond donors (Lipinski definition) is 3. The van der Waals surface area contributed by atoms with Crippen LogP contribution in [0.1, 0.15) is 24.0 Å². The number of carbonyl (C=O) groups is 1. The number of amides is 1. The first kappa shape index (κ1) is 25.4. The number of likely N-dealkylation sites (N-methyl/N-ethyl adjacent to an activating group) is 1. The molecule has 2 fully saturated rings. The summed E-state index contributed by atoms with van der Waals surface area (Å²) in [5, 5.41) is 12.4. The van der Waals surface area contributed by atoms with Gasteiger partial charge >= 0.3 is 0 Å². The number of nitrogens with two attached hydrogens (primary N) is 1. The lowest BCUT2D eigenvalue weighted by atomic mass is 10.0. The Hall–Kier alpha value is -4.24. The summed E-state index contributed by atoms with van der Waals surface area (Å²) in [6, 6.07) is 17.0. The fourth-order valence-electron chi connectivity index (χ4n) is 5.28. The fourth-order valence-corrected chi connectivity index (χ4v) is 5.28. The molecule has 1 amide bonds. The molecule has 38 heavy (non-hydrogen) atoms. The van der Waals surface area contributed by atoms with Gasteiger partial charge < -0.3 is 25.6 Å². The van der Waals surface area contributed by atoms with Gasteiger partial charge in [-0.25, -0.2) is 9.97 Å². The standard InChI is InChI=1S/C29H33N7O2/c1-35(2)14-6-9-25(37)36-17-19-15-23(24(36)16-19)34-29-26(28(31)32-18-33-29)27(30)20-10-12-22(13-11-20)38-21-7-4-3-5-8-21/h3-13,18-19,23-24,30H,14-17H2,1-2H3,(H3,31,32,33,34)/b9-6+,30-27?. The molecular weight excluding hydrogens is 478 g/mol. The molecule has 9 nitrogen and oxygen atoms in total. The number of likely N-dealkylation sites (tertiary alicyclic amines) is 1. The van der Waals surface area contributed by atoms with E-state index in [9.17, 15) is 4.79 Å². The van der Waals surface area contributed by atoms with Crippen LogP contribution in [0.5, 0.6) is 11.5 Å². The summed E-state index contributed by atoms with van der Waals surface area (Å²) in [6.45, 7) is 1.50. The number of fused-ring (bicyclic) bond motifs is 2. The number of aromatic nitrogens is 2. The van der Waals surface area contributed by atoms with Crippen LogP contribution in [0.4, 0.5) is 11.6 Å². The molecule has 5 rings (SSSR count). The largest absolute Gasteiger partial charge is 0.457 e. The Morgan fingerprint density at radius 3 is 2.58 bits per heavy atom. The van der Waals surface area contributed by atoms with Gasteiger partial charge in [0.1, 0.15) is 29.5 Å². The lowest BCUT2D eigenvalue weighted by Crippen LogP contribution is -2.47. The fraction of sp³-hybridized carbons (Fsp3) is 0.310. The molecule has 1 saturated carbocycles. The summed E-state index contributed by atoms with van der Waals surface area (Å²) in [5.74, 6) is 2.66. The number of nitrogen functional groups attached to an aromatic ring is 1. The minimum absolute atomic E-state index is 0.0300. The molecular formula is C29H33N7O2. The van der Waals surface area contributed by atoms with Crippen LogP contribution in [-0.4, -0.2) is 70.7 Å². The average molecular weight is 512 g/mol.